The highest BCUT2D eigenvalue weighted by atomic mass is 32.2. The molecule has 0 aliphatic heterocycles. The molecular formula is C20H28N3O3S+. The van der Waals surface area contributed by atoms with E-state index in [-0.39, 0.29) is 23.4 Å². The minimum absolute atomic E-state index is 0.163. The second-order valence-corrected chi connectivity index (χ2v) is 8.71. The number of hydrogen-bond acceptors (Lipinski definition) is 3. The highest BCUT2D eigenvalue weighted by Crippen LogP contribution is 2.20. The van der Waals surface area contributed by atoms with E-state index in [2.05, 4.69) is 36.0 Å². The van der Waals surface area contributed by atoms with Crippen LogP contribution in [0.4, 0.5) is 5.69 Å². The Balaban J connectivity index is 2.06. The third kappa shape index (κ3) is 5.63. The second kappa shape index (κ2) is 9.12. The van der Waals surface area contributed by atoms with Crippen molar-refractivity contribution in [3.8, 4) is 0 Å². The van der Waals surface area contributed by atoms with Crippen molar-refractivity contribution in [1.29, 1.82) is 0 Å². The molecule has 27 heavy (non-hydrogen) atoms. The van der Waals surface area contributed by atoms with Crippen molar-refractivity contribution in [3.05, 3.63) is 59.7 Å². The molecule has 0 aromatic heterocycles. The van der Waals surface area contributed by atoms with Gasteiger partial charge in [0.2, 0.25) is 10.0 Å². The summed E-state index contributed by atoms with van der Waals surface area (Å²) in [5, 5.41) is 4.80. The molecule has 0 saturated heterocycles. The first kappa shape index (κ1) is 21.1. The molecule has 1 amide bonds. The fourth-order valence-electron chi connectivity index (χ4n) is 2.99. The number of amides is 1. The van der Waals surface area contributed by atoms with E-state index in [9.17, 15) is 13.2 Å². The molecule has 0 aliphatic rings. The summed E-state index contributed by atoms with van der Waals surface area (Å²) in [5.41, 5.74) is 2.27. The molecule has 1 atom stereocenters. The second-order valence-electron chi connectivity index (χ2n) is 6.86. The van der Waals surface area contributed by atoms with Crippen molar-refractivity contribution in [2.24, 2.45) is 5.92 Å². The van der Waals surface area contributed by atoms with Crippen LogP contribution >= 0.6 is 0 Å². The smallest absolute Gasteiger partial charge is 0.279 e. The van der Waals surface area contributed by atoms with E-state index in [4.69, 9.17) is 0 Å². The normalized spacial score (nSPS) is 12.8. The lowest BCUT2D eigenvalue weighted by Gasteiger charge is -2.19. The van der Waals surface area contributed by atoms with Crippen molar-refractivity contribution in [2.45, 2.75) is 31.7 Å². The van der Waals surface area contributed by atoms with E-state index in [1.54, 1.807) is 19.1 Å². The number of quaternary nitrogens is 1. The Bertz CT molecular complexity index is 881. The van der Waals surface area contributed by atoms with Crippen molar-refractivity contribution in [1.82, 2.24) is 4.72 Å². The predicted octanol–water partition coefficient (Wildman–Crippen LogP) is 1.80. The molecule has 7 heteroatoms. The number of aryl methyl sites for hydroxylation is 1. The number of nitrogens with one attached hydrogen (secondary N) is 2. The van der Waals surface area contributed by atoms with Crippen LogP contribution in [-0.2, 0) is 14.8 Å². The van der Waals surface area contributed by atoms with Crippen LogP contribution in [0.2, 0.25) is 0 Å². The summed E-state index contributed by atoms with van der Waals surface area (Å²) in [6, 6.07) is 15.1. The molecular weight excluding hydrogens is 362 g/mol. The van der Waals surface area contributed by atoms with Gasteiger partial charge in [-0.15, -0.1) is 0 Å². The van der Waals surface area contributed by atoms with Gasteiger partial charge in [-0.05, 0) is 31.7 Å². The van der Waals surface area contributed by atoms with E-state index < -0.39 is 10.0 Å². The van der Waals surface area contributed by atoms with Crippen LogP contribution < -0.4 is 15.4 Å². The third-order valence-electron chi connectivity index (χ3n) is 4.49. The van der Waals surface area contributed by atoms with Gasteiger partial charge in [-0.1, -0.05) is 50.2 Å². The monoisotopic (exact) mass is 390 g/mol. The molecule has 0 saturated carbocycles. The molecule has 0 spiro atoms. The number of anilines is 1. The minimum atomic E-state index is -3.57. The van der Waals surface area contributed by atoms with Gasteiger partial charge in [-0.3, -0.25) is 4.79 Å². The van der Waals surface area contributed by atoms with Gasteiger partial charge in [0.25, 0.3) is 5.91 Å². The highest BCUT2D eigenvalue weighted by molar-refractivity contribution is 7.89. The first-order valence-corrected chi connectivity index (χ1v) is 10.4. The standard InChI is InChI=1S/C20H27N3O3S/c1-14(2)20(16-8-6-5-7-9-16)22-13-19(24)23-17-11-10-15(3)18(12-17)27(25,26)21-4/h5-12,14,20-22H,13H2,1-4H3,(H,23,24)/p+1/t20-/m1/s1. The summed E-state index contributed by atoms with van der Waals surface area (Å²) in [4.78, 5) is 12.5. The van der Waals surface area contributed by atoms with Crippen molar-refractivity contribution in [2.75, 3.05) is 18.9 Å². The quantitative estimate of drug-likeness (QED) is 0.642. The van der Waals surface area contributed by atoms with Gasteiger partial charge < -0.3 is 10.6 Å². The zero-order valence-electron chi connectivity index (χ0n) is 16.2. The van der Waals surface area contributed by atoms with Gasteiger partial charge in [-0.25, -0.2) is 13.1 Å². The maximum atomic E-state index is 12.4. The lowest BCUT2D eigenvalue weighted by Crippen LogP contribution is -2.88. The Hall–Kier alpha value is -2.22. The van der Waals surface area contributed by atoms with Gasteiger partial charge in [0, 0.05) is 17.2 Å². The average Bonchev–Trinajstić information content (AvgIpc) is 2.64. The molecule has 2 aromatic rings. The molecule has 0 bridgehead atoms. The molecule has 2 rings (SSSR count). The van der Waals surface area contributed by atoms with Gasteiger partial charge in [0.15, 0.2) is 6.54 Å². The fourth-order valence-corrected chi connectivity index (χ4v) is 3.99. The average molecular weight is 391 g/mol. The number of hydrogen-bond donors (Lipinski definition) is 3. The molecule has 2 aromatic carbocycles. The maximum Gasteiger partial charge on any atom is 0.279 e. The summed E-state index contributed by atoms with van der Waals surface area (Å²) >= 11 is 0. The SMILES string of the molecule is CNS(=O)(=O)c1cc(NC(=O)C[NH2+][C@@H](c2ccccc2)C(C)C)ccc1C. The van der Waals surface area contributed by atoms with Crippen molar-refractivity contribution >= 4 is 21.6 Å². The van der Waals surface area contributed by atoms with Crippen LogP contribution in [-0.4, -0.2) is 27.9 Å². The minimum Gasteiger partial charge on any atom is -0.332 e. The van der Waals surface area contributed by atoms with Gasteiger partial charge in [0.1, 0.15) is 6.04 Å². The zero-order chi connectivity index (χ0) is 20.0. The van der Waals surface area contributed by atoms with Crippen LogP contribution in [0.3, 0.4) is 0 Å². The first-order chi connectivity index (χ1) is 12.7. The fraction of sp³-hybridized carbons (Fsp3) is 0.350. The molecule has 0 radical (unpaired) electrons. The zero-order valence-corrected chi connectivity index (χ0v) is 17.0. The van der Waals surface area contributed by atoms with E-state index in [1.165, 1.54) is 18.7 Å². The molecule has 0 unspecified atom stereocenters. The Kier molecular flexibility index (Phi) is 7.12. The number of sulfonamides is 1. The van der Waals surface area contributed by atoms with E-state index >= 15 is 0 Å². The van der Waals surface area contributed by atoms with Gasteiger partial charge in [0.05, 0.1) is 4.90 Å². The lowest BCUT2D eigenvalue weighted by atomic mass is 9.96. The van der Waals surface area contributed by atoms with E-state index in [0.717, 1.165) is 0 Å². The molecule has 0 aliphatic carbocycles. The number of benzene rings is 2. The van der Waals surface area contributed by atoms with Crippen molar-refractivity contribution in [3.63, 3.8) is 0 Å². The highest BCUT2D eigenvalue weighted by Gasteiger charge is 2.21. The molecule has 0 heterocycles. The van der Waals surface area contributed by atoms with E-state index in [1.807, 2.05) is 23.5 Å². The van der Waals surface area contributed by atoms with Gasteiger partial charge >= 0.3 is 0 Å². The van der Waals surface area contributed by atoms with Crippen LogP contribution in [0.5, 0.6) is 0 Å². The first-order valence-electron chi connectivity index (χ1n) is 8.97. The lowest BCUT2D eigenvalue weighted by molar-refractivity contribution is -0.692. The summed E-state index contributed by atoms with van der Waals surface area (Å²) in [7, 11) is -2.20. The third-order valence-corrected chi connectivity index (χ3v) is 6.05. The molecule has 146 valence electrons. The molecule has 0 fully saturated rings. The molecule has 4 N–H and O–H groups in total. The number of carbonyl (C=O) groups is 1. The summed E-state index contributed by atoms with van der Waals surface area (Å²) in [6.45, 7) is 6.22. The van der Waals surface area contributed by atoms with E-state index in [0.29, 0.717) is 17.2 Å². The maximum absolute atomic E-state index is 12.4. The van der Waals surface area contributed by atoms with Crippen molar-refractivity contribution < 1.29 is 18.5 Å². The number of nitrogens with two attached hydrogens (primary N) is 1. The van der Waals surface area contributed by atoms with Gasteiger partial charge in [-0.2, -0.15) is 0 Å². The largest absolute Gasteiger partial charge is 0.332 e. The summed E-state index contributed by atoms with van der Waals surface area (Å²) in [5.74, 6) is 0.195. The van der Waals surface area contributed by atoms with Crippen LogP contribution in [0.15, 0.2) is 53.4 Å². The van der Waals surface area contributed by atoms with Crippen LogP contribution in [0, 0.1) is 12.8 Å². The van der Waals surface area contributed by atoms with Crippen LogP contribution in [0.1, 0.15) is 31.0 Å². The molecule has 6 nitrogen and oxygen atoms in total. The summed E-state index contributed by atoms with van der Waals surface area (Å²) < 4.78 is 26.5. The Labute approximate surface area is 161 Å². The Morgan fingerprint density at radius 1 is 1.11 bits per heavy atom. The summed E-state index contributed by atoms with van der Waals surface area (Å²) in [6.07, 6.45) is 0. The Morgan fingerprint density at radius 2 is 1.78 bits per heavy atom. The number of carbonyl (C=O) groups excluding carboxylic acids is 1. The van der Waals surface area contributed by atoms with Crippen LogP contribution in [0.25, 0.3) is 0 Å². The predicted molar refractivity (Wildman–Crippen MR) is 107 cm³/mol. The Morgan fingerprint density at radius 3 is 2.37 bits per heavy atom. The number of rotatable bonds is 8. The topological polar surface area (TPSA) is 91.9 Å².